The molecule has 37 heavy (non-hydrogen) atoms. The molecule has 0 bridgehead atoms. The first kappa shape index (κ1) is 26.1. The Kier molecular flexibility index (Phi) is 7.72. The minimum Gasteiger partial charge on any atom is -0.493 e. The first-order chi connectivity index (χ1) is 17.7. The van der Waals surface area contributed by atoms with Gasteiger partial charge in [-0.1, -0.05) is 47.5 Å². The first-order valence-electron chi connectivity index (χ1n) is 10.6. The fourth-order valence-corrected chi connectivity index (χ4v) is 4.18. The maximum absolute atomic E-state index is 13.3. The molecule has 1 heterocycles. The third-order valence-electron chi connectivity index (χ3n) is 5.29. The monoisotopic (exact) mass is 557 g/mol. The molecule has 0 unspecified atom stereocenters. The Balaban J connectivity index is 1.60. The molecule has 188 valence electrons. The summed E-state index contributed by atoms with van der Waals surface area (Å²) in [6.07, 6.45) is 1.39. The lowest BCUT2D eigenvalue weighted by molar-refractivity contribution is -0.384. The molecular weight excluding hydrogens is 541 g/mol. The van der Waals surface area contributed by atoms with Crippen LogP contribution in [0.4, 0.5) is 11.4 Å². The van der Waals surface area contributed by atoms with Gasteiger partial charge < -0.3 is 9.47 Å². The second kappa shape index (κ2) is 11.0. The molecule has 2 amide bonds. The van der Waals surface area contributed by atoms with E-state index in [0.29, 0.717) is 22.6 Å². The topological polar surface area (TPSA) is 111 Å². The molecule has 0 saturated carbocycles. The number of anilines is 1. The van der Waals surface area contributed by atoms with E-state index in [1.165, 1.54) is 25.3 Å². The van der Waals surface area contributed by atoms with E-state index >= 15 is 0 Å². The van der Waals surface area contributed by atoms with Crippen molar-refractivity contribution in [1.29, 1.82) is 0 Å². The summed E-state index contributed by atoms with van der Waals surface area (Å²) in [4.78, 5) is 37.5. The maximum Gasteiger partial charge on any atom is 0.270 e. The molecule has 0 atom stereocenters. The van der Waals surface area contributed by atoms with Crippen LogP contribution in [-0.2, 0) is 16.2 Å². The number of rotatable bonds is 7. The summed E-state index contributed by atoms with van der Waals surface area (Å²) >= 11 is 17.6. The number of amides is 2. The molecule has 0 aromatic heterocycles. The van der Waals surface area contributed by atoms with Gasteiger partial charge in [-0.25, -0.2) is 0 Å². The third-order valence-corrected chi connectivity index (χ3v) is 6.38. The maximum atomic E-state index is 13.3. The van der Waals surface area contributed by atoms with Crippen LogP contribution in [-0.4, -0.2) is 29.0 Å². The van der Waals surface area contributed by atoms with Gasteiger partial charge in [0.05, 0.1) is 27.8 Å². The van der Waals surface area contributed by atoms with Crippen molar-refractivity contribution in [2.75, 3.05) is 12.0 Å². The van der Waals surface area contributed by atoms with Crippen molar-refractivity contribution >= 4 is 69.8 Å². The van der Waals surface area contributed by atoms with Crippen LogP contribution in [0.3, 0.4) is 0 Å². The van der Waals surface area contributed by atoms with Crippen molar-refractivity contribution in [3.8, 4) is 11.5 Å². The summed E-state index contributed by atoms with van der Waals surface area (Å²) < 4.78 is 11.2. The van der Waals surface area contributed by atoms with E-state index in [1.807, 2.05) is 0 Å². The minimum absolute atomic E-state index is 0.0435. The zero-order valence-electron chi connectivity index (χ0n) is 19.1. The van der Waals surface area contributed by atoms with Crippen LogP contribution in [0, 0.1) is 10.1 Å². The van der Waals surface area contributed by atoms with Gasteiger partial charge in [0.2, 0.25) is 0 Å². The lowest BCUT2D eigenvalue weighted by Gasteiger charge is -2.29. The predicted molar refractivity (Wildman–Crippen MR) is 143 cm³/mol. The number of hydrogen-bond acceptors (Lipinski definition) is 7. The Morgan fingerprint density at radius 1 is 1.08 bits per heavy atom. The quantitative estimate of drug-likeness (QED) is 0.137. The van der Waals surface area contributed by atoms with Gasteiger partial charge in [-0.2, -0.15) is 0 Å². The number of non-ortho nitro benzene ring substituents is 1. The number of carbonyl (C=O) groups excluding carboxylic acids is 2. The summed E-state index contributed by atoms with van der Waals surface area (Å²) in [5, 5.41) is 13.7. The van der Waals surface area contributed by atoms with Crippen molar-refractivity contribution in [2.45, 2.75) is 6.61 Å². The van der Waals surface area contributed by atoms with Crippen LogP contribution in [0.25, 0.3) is 6.08 Å². The molecule has 1 saturated heterocycles. The zero-order valence-corrected chi connectivity index (χ0v) is 21.4. The summed E-state index contributed by atoms with van der Waals surface area (Å²) in [6, 6.07) is 15.6. The van der Waals surface area contributed by atoms with E-state index in [9.17, 15) is 19.7 Å². The molecular formula is C25H17Cl2N3O6S. The molecule has 3 aromatic carbocycles. The fraction of sp³-hybridized carbons (Fsp3) is 0.0800. The van der Waals surface area contributed by atoms with Crippen LogP contribution in [0.5, 0.6) is 11.5 Å². The van der Waals surface area contributed by atoms with E-state index in [0.717, 1.165) is 4.90 Å². The average Bonchev–Trinajstić information content (AvgIpc) is 2.88. The highest BCUT2D eigenvalue weighted by Crippen LogP contribution is 2.35. The Hall–Kier alpha value is -3.99. The number of methoxy groups -OCH3 is 1. The molecule has 1 fully saturated rings. The zero-order chi connectivity index (χ0) is 26.7. The Labute approximate surface area is 226 Å². The SMILES string of the molecule is COc1cc(/C=C2\C(=O)NC(=S)N(c3cccc(Cl)c3Cl)C2=O)ccc1OCc1cccc([N+](=O)[O-])c1. The second-order valence-corrected chi connectivity index (χ2v) is 8.83. The first-order valence-corrected chi connectivity index (χ1v) is 11.8. The molecule has 0 spiro atoms. The number of nitro benzene ring substituents is 1. The van der Waals surface area contributed by atoms with Crippen LogP contribution in [0.2, 0.25) is 10.0 Å². The highest BCUT2D eigenvalue weighted by atomic mass is 35.5. The lowest BCUT2D eigenvalue weighted by Crippen LogP contribution is -2.54. The van der Waals surface area contributed by atoms with Crippen LogP contribution in [0.1, 0.15) is 11.1 Å². The smallest absolute Gasteiger partial charge is 0.270 e. The normalized spacial score (nSPS) is 14.5. The Morgan fingerprint density at radius 2 is 1.84 bits per heavy atom. The number of nitrogens with zero attached hydrogens (tertiary/aromatic N) is 2. The van der Waals surface area contributed by atoms with Gasteiger partial charge in [0.1, 0.15) is 12.2 Å². The molecule has 1 aliphatic heterocycles. The minimum atomic E-state index is -0.678. The molecule has 1 N–H and O–H groups in total. The van der Waals surface area contributed by atoms with E-state index in [2.05, 4.69) is 5.32 Å². The molecule has 0 radical (unpaired) electrons. The molecule has 12 heteroatoms. The van der Waals surface area contributed by atoms with Gasteiger partial charge in [-0.15, -0.1) is 0 Å². The van der Waals surface area contributed by atoms with Gasteiger partial charge in [0, 0.05) is 12.1 Å². The van der Waals surface area contributed by atoms with Gasteiger partial charge in [-0.3, -0.25) is 29.9 Å². The highest BCUT2D eigenvalue weighted by Gasteiger charge is 2.35. The third kappa shape index (κ3) is 5.56. The van der Waals surface area contributed by atoms with E-state index in [1.54, 1.807) is 48.5 Å². The number of nitro groups is 1. The van der Waals surface area contributed by atoms with Gasteiger partial charge in [-0.05, 0) is 53.7 Å². The van der Waals surface area contributed by atoms with Crippen LogP contribution in [0.15, 0.2) is 66.2 Å². The number of thiocarbonyl (C=S) groups is 1. The van der Waals surface area contributed by atoms with Crippen LogP contribution < -0.4 is 19.7 Å². The summed E-state index contributed by atoms with van der Waals surface area (Å²) in [7, 11) is 1.44. The molecule has 9 nitrogen and oxygen atoms in total. The Morgan fingerprint density at radius 3 is 2.57 bits per heavy atom. The Bertz CT molecular complexity index is 1480. The number of benzene rings is 3. The number of hydrogen-bond donors (Lipinski definition) is 1. The molecule has 4 rings (SSSR count). The van der Waals surface area contributed by atoms with Crippen molar-refractivity contribution in [3.63, 3.8) is 0 Å². The molecule has 1 aliphatic rings. The average molecular weight is 558 g/mol. The van der Waals surface area contributed by atoms with Gasteiger partial charge >= 0.3 is 0 Å². The van der Waals surface area contributed by atoms with E-state index in [-0.39, 0.29) is 38.7 Å². The van der Waals surface area contributed by atoms with Crippen molar-refractivity contribution in [2.24, 2.45) is 0 Å². The molecule has 0 aliphatic carbocycles. The summed E-state index contributed by atoms with van der Waals surface area (Å²) in [5.41, 5.74) is 1.08. The standard InChI is InChI=1S/C25H17Cl2N3O6S/c1-35-21-12-14(8-9-20(21)36-13-15-4-2-5-16(10-15)30(33)34)11-17-23(31)28-25(37)29(24(17)32)19-7-3-6-18(26)22(19)27/h2-12H,13H2,1H3,(H,28,31,37)/b17-11+. The highest BCUT2D eigenvalue weighted by molar-refractivity contribution is 7.80. The van der Waals surface area contributed by atoms with Crippen molar-refractivity contribution in [3.05, 3.63) is 97.5 Å². The van der Waals surface area contributed by atoms with E-state index in [4.69, 9.17) is 44.9 Å². The molecule has 3 aromatic rings. The number of nitrogens with one attached hydrogen (secondary N) is 1. The number of halogens is 2. The lowest BCUT2D eigenvalue weighted by atomic mass is 10.1. The van der Waals surface area contributed by atoms with Crippen molar-refractivity contribution < 1.29 is 24.0 Å². The van der Waals surface area contributed by atoms with Crippen LogP contribution >= 0.6 is 35.4 Å². The summed E-state index contributed by atoms with van der Waals surface area (Å²) in [5.74, 6) is -0.657. The number of carbonyl (C=O) groups is 2. The van der Waals surface area contributed by atoms with Gasteiger partial charge in [0.15, 0.2) is 16.6 Å². The second-order valence-electron chi connectivity index (χ2n) is 7.66. The van der Waals surface area contributed by atoms with E-state index < -0.39 is 16.7 Å². The fourth-order valence-electron chi connectivity index (χ4n) is 3.52. The van der Waals surface area contributed by atoms with Gasteiger partial charge in [0.25, 0.3) is 17.5 Å². The van der Waals surface area contributed by atoms with Crippen molar-refractivity contribution in [1.82, 2.24) is 5.32 Å². The number of ether oxygens (including phenoxy) is 2. The largest absolute Gasteiger partial charge is 0.493 e. The predicted octanol–water partition coefficient (Wildman–Crippen LogP) is 5.32. The summed E-state index contributed by atoms with van der Waals surface area (Å²) in [6.45, 7) is 0.0617.